The van der Waals surface area contributed by atoms with Crippen LogP contribution < -0.4 is 4.90 Å². The average molecular weight is 285 g/mol. The van der Waals surface area contributed by atoms with Crippen molar-refractivity contribution in [3.63, 3.8) is 0 Å². The molecule has 0 aromatic heterocycles. The molecule has 0 saturated heterocycles. The van der Waals surface area contributed by atoms with Crippen LogP contribution in [0.3, 0.4) is 0 Å². The van der Waals surface area contributed by atoms with E-state index in [4.69, 9.17) is 5.11 Å². The maximum Gasteiger partial charge on any atom is 0.335 e. The number of halogens is 1. The molecule has 5 nitrogen and oxygen atoms in total. The molecule has 104 valence electrons. The summed E-state index contributed by atoms with van der Waals surface area (Å²) in [5.74, 6) is -3.03. The van der Waals surface area contributed by atoms with Gasteiger partial charge in [0.1, 0.15) is 5.82 Å². The van der Waals surface area contributed by atoms with Gasteiger partial charge in [-0.2, -0.15) is 0 Å². The minimum absolute atomic E-state index is 0.00385. The number of hydrogen-bond acceptors (Lipinski definition) is 3. The van der Waals surface area contributed by atoms with Gasteiger partial charge in [-0.3, -0.25) is 9.59 Å². The van der Waals surface area contributed by atoms with Gasteiger partial charge in [0.05, 0.1) is 22.4 Å². The monoisotopic (exact) mass is 285 g/mol. The van der Waals surface area contributed by atoms with Gasteiger partial charge in [0.2, 0.25) is 0 Å². The molecule has 0 bridgehead atoms. The van der Waals surface area contributed by atoms with Crippen molar-refractivity contribution in [3.05, 3.63) is 65.0 Å². The zero-order valence-electron chi connectivity index (χ0n) is 10.5. The van der Waals surface area contributed by atoms with E-state index >= 15 is 0 Å². The standard InChI is InChI=1S/C15H8FNO4/c16-9-2-1-3-10(7-9)17-13(18)11-5-4-8(15(20)21)6-12(11)14(17)19/h1-7H,(H,20,21). The van der Waals surface area contributed by atoms with E-state index in [1.54, 1.807) is 0 Å². The minimum atomic E-state index is -1.19. The van der Waals surface area contributed by atoms with E-state index in [1.807, 2.05) is 0 Å². The van der Waals surface area contributed by atoms with Crippen LogP contribution in [-0.2, 0) is 0 Å². The summed E-state index contributed by atoms with van der Waals surface area (Å²) in [5.41, 5.74) is 0.132. The number of carbonyl (C=O) groups excluding carboxylic acids is 2. The van der Waals surface area contributed by atoms with E-state index in [1.165, 1.54) is 30.3 Å². The first-order valence-corrected chi connectivity index (χ1v) is 6.01. The van der Waals surface area contributed by atoms with Gasteiger partial charge in [-0.25, -0.2) is 14.1 Å². The Kier molecular flexibility index (Phi) is 2.79. The summed E-state index contributed by atoms with van der Waals surface area (Å²) >= 11 is 0. The van der Waals surface area contributed by atoms with Gasteiger partial charge in [-0.1, -0.05) is 6.07 Å². The third kappa shape index (κ3) is 1.97. The van der Waals surface area contributed by atoms with E-state index in [2.05, 4.69) is 0 Å². The predicted octanol–water partition coefficient (Wildman–Crippen LogP) is 2.32. The number of carbonyl (C=O) groups is 3. The van der Waals surface area contributed by atoms with Gasteiger partial charge in [0, 0.05) is 0 Å². The number of amides is 2. The summed E-state index contributed by atoms with van der Waals surface area (Å²) in [5, 5.41) is 8.93. The van der Waals surface area contributed by atoms with Crippen molar-refractivity contribution < 1.29 is 23.9 Å². The summed E-state index contributed by atoms with van der Waals surface area (Å²) in [6.45, 7) is 0. The molecule has 0 saturated carbocycles. The Hall–Kier alpha value is -3.02. The van der Waals surface area contributed by atoms with Gasteiger partial charge in [-0.05, 0) is 36.4 Å². The molecule has 1 N–H and O–H groups in total. The summed E-state index contributed by atoms with van der Waals surface area (Å²) in [4.78, 5) is 36.3. The number of fused-ring (bicyclic) bond motifs is 1. The van der Waals surface area contributed by atoms with E-state index in [9.17, 15) is 18.8 Å². The van der Waals surface area contributed by atoms with Gasteiger partial charge in [0.25, 0.3) is 11.8 Å². The number of carboxylic acid groups (broad SMARTS) is 1. The highest BCUT2D eigenvalue weighted by atomic mass is 19.1. The van der Waals surface area contributed by atoms with Crippen LogP contribution in [0, 0.1) is 5.82 Å². The fraction of sp³-hybridized carbons (Fsp3) is 0. The maximum atomic E-state index is 13.2. The number of imide groups is 1. The van der Waals surface area contributed by atoms with Crippen LogP contribution in [0.4, 0.5) is 10.1 Å². The van der Waals surface area contributed by atoms with Crippen LogP contribution in [0.25, 0.3) is 0 Å². The maximum absolute atomic E-state index is 13.2. The Labute approximate surface area is 118 Å². The highest BCUT2D eigenvalue weighted by Crippen LogP contribution is 2.29. The van der Waals surface area contributed by atoms with Gasteiger partial charge >= 0.3 is 5.97 Å². The Balaban J connectivity index is 2.10. The third-order valence-electron chi connectivity index (χ3n) is 3.20. The largest absolute Gasteiger partial charge is 0.478 e. The summed E-state index contributed by atoms with van der Waals surface area (Å²) in [6, 6.07) is 8.78. The smallest absolute Gasteiger partial charge is 0.335 e. The van der Waals surface area contributed by atoms with Crippen LogP contribution in [-0.4, -0.2) is 22.9 Å². The topological polar surface area (TPSA) is 74.7 Å². The van der Waals surface area contributed by atoms with E-state index in [0.717, 1.165) is 17.0 Å². The quantitative estimate of drug-likeness (QED) is 0.859. The first-order chi connectivity index (χ1) is 9.99. The molecule has 3 rings (SSSR count). The molecular weight excluding hydrogens is 277 g/mol. The normalized spacial score (nSPS) is 13.5. The molecule has 2 aromatic carbocycles. The van der Waals surface area contributed by atoms with Crippen molar-refractivity contribution in [2.45, 2.75) is 0 Å². The molecule has 6 heteroatoms. The highest BCUT2D eigenvalue weighted by molar-refractivity contribution is 6.34. The number of benzene rings is 2. The fourth-order valence-electron chi connectivity index (χ4n) is 2.22. The number of rotatable bonds is 2. The highest BCUT2D eigenvalue weighted by Gasteiger charge is 2.37. The Bertz CT molecular complexity index is 800. The fourth-order valence-corrected chi connectivity index (χ4v) is 2.22. The zero-order valence-corrected chi connectivity index (χ0v) is 10.5. The molecule has 1 aliphatic rings. The van der Waals surface area contributed by atoms with Crippen molar-refractivity contribution in [1.29, 1.82) is 0 Å². The molecule has 2 aromatic rings. The number of aromatic carboxylic acids is 1. The second-order valence-corrected chi connectivity index (χ2v) is 4.49. The van der Waals surface area contributed by atoms with Gasteiger partial charge in [-0.15, -0.1) is 0 Å². The third-order valence-corrected chi connectivity index (χ3v) is 3.20. The second kappa shape index (κ2) is 4.52. The van der Waals surface area contributed by atoms with Crippen molar-refractivity contribution in [3.8, 4) is 0 Å². The second-order valence-electron chi connectivity index (χ2n) is 4.49. The number of nitrogens with zero attached hydrogens (tertiary/aromatic N) is 1. The predicted molar refractivity (Wildman–Crippen MR) is 70.9 cm³/mol. The van der Waals surface area contributed by atoms with Crippen LogP contribution in [0.15, 0.2) is 42.5 Å². The first kappa shape index (κ1) is 13.0. The molecule has 1 heterocycles. The summed E-state index contributed by atoms with van der Waals surface area (Å²) < 4.78 is 13.2. The molecular formula is C15H8FNO4. The van der Waals surface area contributed by atoms with Crippen molar-refractivity contribution >= 4 is 23.5 Å². The number of carboxylic acids is 1. The van der Waals surface area contributed by atoms with E-state index in [-0.39, 0.29) is 22.4 Å². The van der Waals surface area contributed by atoms with Gasteiger partial charge in [0.15, 0.2) is 0 Å². The molecule has 0 fully saturated rings. The molecule has 0 radical (unpaired) electrons. The van der Waals surface area contributed by atoms with Gasteiger partial charge < -0.3 is 5.11 Å². The van der Waals surface area contributed by atoms with E-state index in [0.29, 0.717) is 0 Å². The summed E-state index contributed by atoms with van der Waals surface area (Å²) in [7, 11) is 0. The molecule has 0 unspecified atom stereocenters. The Morgan fingerprint density at radius 2 is 1.71 bits per heavy atom. The number of anilines is 1. The lowest BCUT2D eigenvalue weighted by atomic mass is 10.1. The molecule has 2 amide bonds. The lowest BCUT2D eigenvalue weighted by molar-refractivity contribution is 0.0696. The molecule has 0 spiro atoms. The SMILES string of the molecule is O=C(O)c1ccc2c(c1)C(=O)N(c1cccc(F)c1)C2=O. The van der Waals surface area contributed by atoms with Crippen LogP contribution in [0.1, 0.15) is 31.1 Å². The lowest BCUT2D eigenvalue weighted by Gasteiger charge is -2.13. The Morgan fingerprint density at radius 3 is 2.38 bits per heavy atom. The van der Waals surface area contributed by atoms with Crippen molar-refractivity contribution in [1.82, 2.24) is 0 Å². The van der Waals surface area contributed by atoms with Crippen molar-refractivity contribution in [2.75, 3.05) is 4.90 Å². The molecule has 0 atom stereocenters. The van der Waals surface area contributed by atoms with Crippen LogP contribution >= 0.6 is 0 Å². The van der Waals surface area contributed by atoms with Crippen molar-refractivity contribution in [2.24, 2.45) is 0 Å². The molecule has 21 heavy (non-hydrogen) atoms. The van der Waals surface area contributed by atoms with Crippen LogP contribution in [0.2, 0.25) is 0 Å². The zero-order chi connectivity index (χ0) is 15.1. The molecule has 1 aliphatic heterocycles. The minimum Gasteiger partial charge on any atom is -0.478 e. The van der Waals surface area contributed by atoms with Crippen LogP contribution in [0.5, 0.6) is 0 Å². The van der Waals surface area contributed by atoms with E-state index < -0.39 is 23.6 Å². The molecule has 0 aliphatic carbocycles. The average Bonchev–Trinajstić information content (AvgIpc) is 2.70. The lowest BCUT2D eigenvalue weighted by Crippen LogP contribution is -2.29. The Morgan fingerprint density at radius 1 is 1.00 bits per heavy atom. The first-order valence-electron chi connectivity index (χ1n) is 6.01. The number of hydrogen-bond donors (Lipinski definition) is 1. The summed E-state index contributed by atoms with van der Waals surface area (Å²) in [6.07, 6.45) is 0.